The number of aromatic nitrogens is 2. The highest BCUT2D eigenvalue weighted by Gasteiger charge is 2.20. The first-order valence-corrected chi connectivity index (χ1v) is 11.4. The first kappa shape index (κ1) is 20.8. The van der Waals surface area contributed by atoms with E-state index in [2.05, 4.69) is 14.8 Å². The minimum absolute atomic E-state index is 0.104. The number of likely N-dealkylation sites (tertiary alicyclic amines) is 1. The lowest BCUT2D eigenvalue weighted by Gasteiger charge is -2.11. The highest BCUT2D eigenvalue weighted by Crippen LogP contribution is 2.19. The SMILES string of the molecule is CN1CCC/C1=N\S(=O)(=O)c1ccc(NC(=O)Cc2ccc(-n3cccn3)cc2)cc1. The predicted octanol–water partition coefficient (Wildman–Crippen LogP) is 2.87. The molecular formula is C22H23N5O3S. The minimum atomic E-state index is -3.77. The first-order chi connectivity index (χ1) is 14.9. The molecule has 0 atom stereocenters. The molecule has 0 saturated carbocycles. The molecule has 2 heterocycles. The number of anilines is 1. The lowest BCUT2D eigenvalue weighted by Crippen LogP contribution is -2.20. The van der Waals surface area contributed by atoms with E-state index in [9.17, 15) is 13.2 Å². The number of hydrogen-bond acceptors (Lipinski definition) is 4. The van der Waals surface area contributed by atoms with E-state index in [-0.39, 0.29) is 17.2 Å². The molecule has 3 aromatic rings. The van der Waals surface area contributed by atoms with Crippen LogP contribution in [0.25, 0.3) is 5.69 Å². The number of rotatable bonds is 6. The summed E-state index contributed by atoms with van der Waals surface area (Å²) < 4.78 is 30.7. The fourth-order valence-corrected chi connectivity index (χ4v) is 4.48. The Hall–Kier alpha value is -3.46. The van der Waals surface area contributed by atoms with Crippen LogP contribution in [-0.4, -0.2) is 48.4 Å². The molecule has 0 bridgehead atoms. The molecule has 4 rings (SSSR count). The van der Waals surface area contributed by atoms with Crippen molar-refractivity contribution in [2.45, 2.75) is 24.2 Å². The van der Waals surface area contributed by atoms with Crippen LogP contribution in [0.4, 0.5) is 5.69 Å². The Morgan fingerprint density at radius 2 is 1.87 bits per heavy atom. The Bertz CT molecular complexity index is 1180. The van der Waals surface area contributed by atoms with E-state index < -0.39 is 10.0 Å². The summed E-state index contributed by atoms with van der Waals surface area (Å²) in [6, 6.07) is 15.5. The van der Waals surface area contributed by atoms with Gasteiger partial charge in [-0.1, -0.05) is 12.1 Å². The molecule has 1 aromatic heterocycles. The standard InChI is InChI=1S/C22H23N5O3S/c1-26-14-2-4-21(26)25-31(29,30)20-11-7-18(8-12-20)24-22(28)16-17-5-9-19(10-6-17)27-15-3-13-23-27/h3,5-13,15H,2,4,14,16H2,1H3,(H,24,28)/b25-21+. The van der Waals surface area contributed by atoms with Crippen LogP contribution >= 0.6 is 0 Å². The smallest absolute Gasteiger partial charge is 0.283 e. The van der Waals surface area contributed by atoms with Gasteiger partial charge < -0.3 is 10.2 Å². The van der Waals surface area contributed by atoms with E-state index in [1.54, 1.807) is 23.0 Å². The molecule has 1 saturated heterocycles. The van der Waals surface area contributed by atoms with Gasteiger partial charge in [0, 0.05) is 38.1 Å². The molecule has 1 aliphatic heterocycles. The number of carbonyl (C=O) groups excluding carboxylic acids is 1. The van der Waals surface area contributed by atoms with Crippen LogP contribution in [0.15, 0.2) is 76.3 Å². The van der Waals surface area contributed by atoms with E-state index in [4.69, 9.17) is 0 Å². The van der Waals surface area contributed by atoms with Crippen molar-refractivity contribution in [2.75, 3.05) is 18.9 Å². The summed E-state index contributed by atoms with van der Waals surface area (Å²) in [5.74, 6) is 0.395. The molecule has 31 heavy (non-hydrogen) atoms. The van der Waals surface area contributed by atoms with E-state index >= 15 is 0 Å². The normalized spacial score (nSPS) is 15.4. The monoisotopic (exact) mass is 437 g/mol. The Morgan fingerprint density at radius 1 is 1.13 bits per heavy atom. The number of nitrogens with zero attached hydrogens (tertiary/aromatic N) is 4. The summed E-state index contributed by atoms with van der Waals surface area (Å²) in [6.45, 7) is 0.811. The van der Waals surface area contributed by atoms with Crippen LogP contribution in [0.2, 0.25) is 0 Å². The van der Waals surface area contributed by atoms with Crippen molar-refractivity contribution < 1.29 is 13.2 Å². The predicted molar refractivity (Wildman–Crippen MR) is 119 cm³/mol. The molecule has 1 fully saturated rings. The third kappa shape index (κ3) is 5.00. The van der Waals surface area contributed by atoms with Crippen molar-refractivity contribution >= 4 is 27.5 Å². The quantitative estimate of drug-likeness (QED) is 0.640. The van der Waals surface area contributed by atoms with Crippen molar-refractivity contribution in [3.63, 3.8) is 0 Å². The van der Waals surface area contributed by atoms with Gasteiger partial charge in [0.25, 0.3) is 10.0 Å². The summed E-state index contributed by atoms with van der Waals surface area (Å²) in [7, 11) is -1.93. The van der Waals surface area contributed by atoms with Gasteiger partial charge >= 0.3 is 0 Å². The zero-order valence-corrected chi connectivity index (χ0v) is 17.9. The molecule has 160 valence electrons. The second kappa shape index (κ2) is 8.73. The molecule has 1 amide bonds. The van der Waals surface area contributed by atoms with Crippen LogP contribution < -0.4 is 5.32 Å². The van der Waals surface area contributed by atoms with Crippen LogP contribution in [-0.2, 0) is 21.2 Å². The number of amidine groups is 1. The molecule has 0 radical (unpaired) electrons. The molecule has 0 aliphatic carbocycles. The highest BCUT2D eigenvalue weighted by atomic mass is 32.2. The first-order valence-electron chi connectivity index (χ1n) is 9.94. The largest absolute Gasteiger partial charge is 0.362 e. The second-order valence-electron chi connectivity index (χ2n) is 7.37. The fraction of sp³-hybridized carbons (Fsp3) is 0.227. The highest BCUT2D eigenvalue weighted by molar-refractivity contribution is 7.90. The van der Waals surface area contributed by atoms with Crippen molar-refractivity contribution in [3.05, 3.63) is 72.6 Å². The number of hydrogen-bond donors (Lipinski definition) is 1. The van der Waals surface area contributed by atoms with Gasteiger partial charge in [0.15, 0.2) is 0 Å². The molecule has 1 aliphatic rings. The maximum absolute atomic E-state index is 12.5. The maximum atomic E-state index is 12.5. The Labute approximate surface area is 181 Å². The van der Waals surface area contributed by atoms with Gasteiger partial charge in [0.1, 0.15) is 5.84 Å². The fourth-order valence-electron chi connectivity index (χ4n) is 3.39. The number of benzene rings is 2. The van der Waals surface area contributed by atoms with E-state index in [1.807, 2.05) is 48.5 Å². The minimum Gasteiger partial charge on any atom is -0.362 e. The van der Waals surface area contributed by atoms with Crippen molar-refractivity contribution in [2.24, 2.45) is 4.40 Å². The number of nitrogens with one attached hydrogen (secondary N) is 1. The van der Waals surface area contributed by atoms with Crippen LogP contribution in [0.1, 0.15) is 18.4 Å². The van der Waals surface area contributed by atoms with E-state index in [0.717, 1.165) is 24.2 Å². The van der Waals surface area contributed by atoms with Gasteiger partial charge in [-0.25, -0.2) is 4.68 Å². The Kier molecular flexibility index (Phi) is 5.85. The van der Waals surface area contributed by atoms with Gasteiger partial charge in [-0.3, -0.25) is 4.79 Å². The summed E-state index contributed by atoms with van der Waals surface area (Å²) in [6.07, 6.45) is 5.33. The molecule has 1 N–H and O–H groups in total. The van der Waals surface area contributed by atoms with Gasteiger partial charge in [0.05, 0.1) is 17.0 Å². The van der Waals surface area contributed by atoms with E-state index in [0.29, 0.717) is 17.9 Å². The molecule has 2 aromatic carbocycles. The molecule has 0 spiro atoms. The average molecular weight is 438 g/mol. The maximum Gasteiger partial charge on any atom is 0.283 e. The van der Waals surface area contributed by atoms with Crippen LogP contribution in [0, 0.1) is 0 Å². The molecular weight excluding hydrogens is 414 g/mol. The van der Waals surface area contributed by atoms with Crippen molar-refractivity contribution in [1.82, 2.24) is 14.7 Å². The van der Waals surface area contributed by atoms with Crippen LogP contribution in [0.3, 0.4) is 0 Å². The van der Waals surface area contributed by atoms with Gasteiger partial charge in [-0.05, 0) is 54.4 Å². The van der Waals surface area contributed by atoms with Crippen molar-refractivity contribution in [1.29, 1.82) is 0 Å². The van der Waals surface area contributed by atoms with Gasteiger partial charge in [-0.15, -0.1) is 4.40 Å². The zero-order valence-electron chi connectivity index (χ0n) is 17.1. The molecule has 9 heteroatoms. The lowest BCUT2D eigenvalue weighted by atomic mass is 10.1. The van der Waals surface area contributed by atoms with Crippen molar-refractivity contribution in [3.8, 4) is 5.69 Å². The third-order valence-corrected chi connectivity index (χ3v) is 6.38. The summed E-state index contributed by atoms with van der Waals surface area (Å²) in [4.78, 5) is 14.3. The molecule has 0 unspecified atom stereocenters. The number of carbonyl (C=O) groups is 1. The summed E-state index contributed by atoms with van der Waals surface area (Å²) in [5, 5.41) is 6.97. The van der Waals surface area contributed by atoms with E-state index in [1.165, 1.54) is 12.1 Å². The average Bonchev–Trinajstić information content (AvgIpc) is 3.41. The lowest BCUT2D eigenvalue weighted by molar-refractivity contribution is -0.115. The number of sulfonamides is 1. The number of amides is 1. The zero-order chi connectivity index (χ0) is 21.8. The molecule has 8 nitrogen and oxygen atoms in total. The van der Waals surface area contributed by atoms with Crippen LogP contribution in [0.5, 0.6) is 0 Å². The Balaban J connectivity index is 1.38. The summed E-state index contributed by atoms with van der Waals surface area (Å²) in [5.41, 5.74) is 2.31. The summed E-state index contributed by atoms with van der Waals surface area (Å²) >= 11 is 0. The topological polar surface area (TPSA) is 96.7 Å². The van der Waals surface area contributed by atoms with Gasteiger partial charge in [-0.2, -0.15) is 13.5 Å². The Morgan fingerprint density at radius 3 is 2.48 bits per heavy atom. The third-order valence-electron chi connectivity index (χ3n) is 5.07. The van der Waals surface area contributed by atoms with Gasteiger partial charge in [0.2, 0.25) is 5.91 Å². The second-order valence-corrected chi connectivity index (χ2v) is 8.98.